The van der Waals surface area contributed by atoms with Crippen LogP contribution in [0.5, 0.6) is 0 Å². The van der Waals surface area contributed by atoms with E-state index in [1.165, 1.54) is 5.56 Å². The summed E-state index contributed by atoms with van der Waals surface area (Å²) < 4.78 is 1.87. The molecule has 1 amide bonds. The fourth-order valence-electron chi connectivity index (χ4n) is 2.93. The monoisotopic (exact) mass is 348 g/mol. The van der Waals surface area contributed by atoms with E-state index in [0.29, 0.717) is 0 Å². The first-order chi connectivity index (χ1) is 12.5. The molecule has 26 heavy (non-hydrogen) atoms. The number of benzene rings is 2. The van der Waals surface area contributed by atoms with Gasteiger partial charge in [0.25, 0.3) is 0 Å². The van der Waals surface area contributed by atoms with Crippen molar-refractivity contribution in [1.82, 2.24) is 9.78 Å². The fraction of sp³-hybridized carbons (Fsp3) is 0.238. The van der Waals surface area contributed by atoms with Crippen molar-refractivity contribution in [1.29, 1.82) is 0 Å². The normalized spacial score (nSPS) is 10.6. The van der Waals surface area contributed by atoms with Crippen LogP contribution in [0.4, 0.5) is 11.4 Å². The van der Waals surface area contributed by atoms with Crippen LogP contribution in [0, 0.1) is 20.8 Å². The summed E-state index contributed by atoms with van der Waals surface area (Å²) >= 11 is 0. The Morgan fingerprint density at radius 2 is 1.69 bits per heavy atom. The van der Waals surface area contributed by atoms with Crippen molar-refractivity contribution in [2.75, 3.05) is 23.8 Å². The SMILES string of the molecule is Cc1ccc(-n2nc(C)c(NC(=O)CN(C)c3ccccc3)c2C)cc1. The number of nitrogens with zero attached hydrogens (tertiary/aromatic N) is 3. The Hall–Kier alpha value is -3.08. The van der Waals surface area contributed by atoms with E-state index in [9.17, 15) is 4.79 Å². The van der Waals surface area contributed by atoms with Crippen molar-refractivity contribution < 1.29 is 4.79 Å². The molecule has 0 spiro atoms. The van der Waals surface area contributed by atoms with Crippen molar-refractivity contribution in [3.63, 3.8) is 0 Å². The van der Waals surface area contributed by atoms with Crippen LogP contribution in [-0.2, 0) is 4.79 Å². The van der Waals surface area contributed by atoms with Gasteiger partial charge >= 0.3 is 0 Å². The van der Waals surface area contributed by atoms with E-state index in [-0.39, 0.29) is 12.5 Å². The molecular formula is C21H24N4O. The molecule has 1 heterocycles. The molecule has 134 valence electrons. The van der Waals surface area contributed by atoms with E-state index in [4.69, 9.17) is 0 Å². The van der Waals surface area contributed by atoms with Gasteiger partial charge in [0.2, 0.25) is 5.91 Å². The minimum absolute atomic E-state index is 0.0639. The molecule has 0 radical (unpaired) electrons. The lowest BCUT2D eigenvalue weighted by atomic mass is 10.2. The molecule has 0 aliphatic heterocycles. The van der Waals surface area contributed by atoms with E-state index in [1.54, 1.807) is 0 Å². The Labute approximate surface area is 154 Å². The zero-order chi connectivity index (χ0) is 18.7. The van der Waals surface area contributed by atoms with Gasteiger partial charge < -0.3 is 10.2 Å². The van der Waals surface area contributed by atoms with Crippen molar-refractivity contribution in [3.8, 4) is 5.69 Å². The summed E-state index contributed by atoms with van der Waals surface area (Å²) in [6, 6.07) is 18.0. The van der Waals surface area contributed by atoms with Gasteiger partial charge in [0, 0.05) is 12.7 Å². The summed E-state index contributed by atoms with van der Waals surface area (Å²) in [5.74, 6) is -0.0639. The van der Waals surface area contributed by atoms with Crippen LogP contribution >= 0.6 is 0 Å². The first-order valence-corrected chi connectivity index (χ1v) is 8.65. The van der Waals surface area contributed by atoms with Gasteiger partial charge in [0.15, 0.2) is 0 Å². The number of carbonyl (C=O) groups is 1. The van der Waals surface area contributed by atoms with Gasteiger partial charge in [0.1, 0.15) is 0 Å². The second-order valence-electron chi connectivity index (χ2n) is 6.53. The third-order valence-corrected chi connectivity index (χ3v) is 4.41. The van der Waals surface area contributed by atoms with Gasteiger partial charge in [-0.3, -0.25) is 4.79 Å². The number of hydrogen-bond acceptors (Lipinski definition) is 3. The second-order valence-corrected chi connectivity index (χ2v) is 6.53. The Morgan fingerprint density at radius 1 is 1.04 bits per heavy atom. The summed E-state index contributed by atoms with van der Waals surface area (Å²) in [6.07, 6.45) is 0. The molecule has 5 heteroatoms. The number of anilines is 2. The molecule has 5 nitrogen and oxygen atoms in total. The molecule has 0 aliphatic carbocycles. The van der Waals surface area contributed by atoms with Crippen LogP contribution in [0.2, 0.25) is 0 Å². The van der Waals surface area contributed by atoms with Crippen LogP contribution in [0.15, 0.2) is 54.6 Å². The zero-order valence-corrected chi connectivity index (χ0v) is 15.7. The lowest BCUT2D eigenvalue weighted by Gasteiger charge is -2.18. The molecule has 0 bridgehead atoms. The van der Waals surface area contributed by atoms with Crippen molar-refractivity contribution in [2.45, 2.75) is 20.8 Å². The number of carbonyl (C=O) groups excluding carboxylic acids is 1. The number of nitrogens with one attached hydrogen (secondary N) is 1. The number of aromatic nitrogens is 2. The quantitative estimate of drug-likeness (QED) is 0.761. The average molecular weight is 348 g/mol. The third kappa shape index (κ3) is 3.77. The minimum Gasteiger partial charge on any atom is -0.365 e. The smallest absolute Gasteiger partial charge is 0.243 e. The molecular weight excluding hydrogens is 324 g/mol. The predicted molar refractivity (Wildman–Crippen MR) is 106 cm³/mol. The molecule has 1 aromatic heterocycles. The van der Waals surface area contributed by atoms with Gasteiger partial charge in [-0.1, -0.05) is 35.9 Å². The molecule has 3 aromatic rings. The predicted octanol–water partition coefficient (Wildman–Crippen LogP) is 3.87. The Morgan fingerprint density at radius 3 is 2.35 bits per heavy atom. The first kappa shape index (κ1) is 17.7. The van der Waals surface area contributed by atoms with Gasteiger partial charge in [-0.15, -0.1) is 0 Å². The lowest BCUT2D eigenvalue weighted by Crippen LogP contribution is -2.30. The highest BCUT2D eigenvalue weighted by Crippen LogP contribution is 2.23. The number of para-hydroxylation sites is 1. The molecule has 0 saturated heterocycles. The van der Waals surface area contributed by atoms with E-state index in [2.05, 4.69) is 29.5 Å². The number of hydrogen-bond donors (Lipinski definition) is 1. The third-order valence-electron chi connectivity index (χ3n) is 4.41. The molecule has 0 atom stereocenters. The van der Waals surface area contributed by atoms with Gasteiger partial charge in [0.05, 0.1) is 29.3 Å². The highest BCUT2D eigenvalue weighted by molar-refractivity contribution is 5.95. The number of rotatable bonds is 5. The van der Waals surface area contributed by atoms with Crippen molar-refractivity contribution >= 4 is 17.3 Å². The highest BCUT2D eigenvalue weighted by atomic mass is 16.2. The largest absolute Gasteiger partial charge is 0.365 e. The number of likely N-dealkylation sites (N-methyl/N-ethyl adjacent to an activating group) is 1. The Bertz CT molecular complexity index is 898. The van der Waals surface area contributed by atoms with Gasteiger partial charge in [-0.2, -0.15) is 5.10 Å². The van der Waals surface area contributed by atoms with Crippen LogP contribution in [0.3, 0.4) is 0 Å². The molecule has 0 aliphatic rings. The molecule has 0 saturated carbocycles. The van der Waals surface area contributed by atoms with E-state index < -0.39 is 0 Å². The second kappa shape index (κ2) is 7.44. The Kier molecular flexibility index (Phi) is 5.07. The standard InChI is InChI=1S/C21H24N4O/c1-15-10-12-19(13-11-15)25-17(3)21(16(2)23-25)22-20(26)14-24(4)18-8-6-5-7-9-18/h5-13H,14H2,1-4H3,(H,22,26). The van der Waals surface area contributed by atoms with E-state index >= 15 is 0 Å². The maximum Gasteiger partial charge on any atom is 0.243 e. The van der Waals surface area contributed by atoms with Crippen LogP contribution < -0.4 is 10.2 Å². The number of amides is 1. The maximum absolute atomic E-state index is 12.5. The zero-order valence-electron chi connectivity index (χ0n) is 15.7. The van der Waals surface area contributed by atoms with Crippen molar-refractivity contribution in [3.05, 3.63) is 71.5 Å². The van der Waals surface area contributed by atoms with Gasteiger partial charge in [-0.25, -0.2) is 4.68 Å². The summed E-state index contributed by atoms with van der Waals surface area (Å²) in [7, 11) is 1.91. The van der Waals surface area contributed by atoms with E-state index in [1.807, 2.05) is 72.9 Å². The fourth-order valence-corrected chi connectivity index (χ4v) is 2.93. The summed E-state index contributed by atoms with van der Waals surface area (Å²) in [4.78, 5) is 14.4. The highest BCUT2D eigenvalue weighted by Gasteiger charge is 2.16. The molecule has 3 rings (SSSR count). The van der Waals surface area contributed by atoms with Crippen LogP contribution in [0.1, 0.15) is 17.0 Å². The molecule has 0 unspecified atom stereocenters. The van der Waals surface area contributed by atoms with Crippen LogP contribution in [0.25, 0.3) is 5.69 Å². The summed E-state index contributed by atoms with van der Waals surface area (Å²) in [5.41, 5.74) is 5.69. The molecule has 2 aromatic carbocycles. The Balaban J connectivity index is 1.75. The topological polar surface area (TPSA) is 50.2 Å². The number of aryl methyl sites for hydroxylation is 2. The van der Waals surface area contributed by atoms with E-state index in [0.717, 1.165) is 28.5 Å². The summed E-state index contributed by atoms with van der Waals surface area (Å²) in [5, 5.41) is 7.61. The van der Waals surface area contributed by atoms with Crippen molar-refractivity contribution in [2.24, 2.45) is 0 Å². The average Bonchev–Trinajstić information content (AvgIpc) is 2.91. The maximum atomic E-state index is 12.5. The molecule has 1 N–H and O–H groups in total. The first-order valence-electron chi connectivity index (χ1n) is 8.65. The molecule has 0 fully saturated rings. The van der Waals surface area contributed by atoms with Gasteiger partial charge in [-0.05, 0) is 45.0 Å². The summed E-state index contributed by atoms with van der Waals surface area (Å²) in [6.45, 7) is 6.21. The minimum atomic E-state index is -0.0639. The van der Waals surface area contributed by atoms with Crippen LogP contribution in [-0.4, -0.2) is 29.3 Å². The lowest BCUT2D eigenvalue weighted by molar-refractivity contribution is -0.114.